The van der Waals surface area contributed by atoms with Gasteiger partial charge in [0, 0.05) is 6.92 Å². The lowest BCUT2D eigenvalue weighted by Crippen LogP contribution is -2.12. The van der Waals surface area contributed by atoms with E-state index in [2.05, 4.69) is 4.98 Å². The van der Waals surface area contributed by atoms with Gasteiger partial charge in [-0.15, -0.1) is 0 Å². The molecule has 0 aliphatic heterocycles. The Labute approximate surface area is 94.6 Å². The molecule has 1 aromatic heterocycles. The Morgan fingerprint density at radius 1 is 1.38 bits per heavy atom. The van der Waals surface area contributed by atoms with E-state index in [9.17, 15) is 9.59 Å². The Hall–Kier alpha value is -1.71. The summed E-state index contributed by atoms with van der Waals surface area (Å²) < 4.78 is 4.93. The van der Waals surface area contributed by atoms with Crippen LogP contribution in [-0.2, 0) is 4.74 Å². The van der Waals surface area contributed by atoms with E-state index in [0.29, 0.717) is 23.6 Å². The fraction of sp³-hybridized carbons (Fsp3) is 0.417. The van der Waals surface area contributed by atoms with Crippen LogP contribution in [0.5, 0.6) is 0 Å². The van der Waals surface area contributed by atoms with Gasteiger partial charge < -0.3 is 4.74 Å². The van der Waals surface area contributed by atoms with Crippen molar-refractivity contribution in [3.8, 4) is 0 Å². The highest BCUT2D eigenvalue weighted by molar-refractivity contribution is 5.96. The minimum atomic E-state index is -0.389. The van der Waals surface area contributed by atoms with Crippen LogP contribution in [-0.4, -0.2) is 23.3 Å². The molecule has 1 rings (SSSR count). The molecule has 0 N–H and O–H groups in total. The van der Waals surface area contributed by atoms with Crippen LogP contribution in [0.3, 0.4) is 0 Å². The summed E-state index contributed by atoms with van der Waals surface area (Å²) in [6.07, 6.45) is 0. The number of esters is 1. The number of hydrogen-bond donors (Lipinski definition) is 0. The third-order valence-electron chi connectivity index (χ3n) is 2.24. The molecule has 0 saturated heterocycles. The molecule has 4 heteroatoms. The predicted octanol–water partition coefficient (Wildman–Crippen LogP) is 2.08. The topological polar surface area (TPSA) is 56.3 Å². The van der Waals surface area contributed by atoms with Crippen LogP contribution < -0.4 is 0 Å². The average Bonchev–Trinajstić information content (AvgIpc) is 2.16. The highest BCUT2D eigenvalue weighted by Crippen LogP contribution is 2.15. The van der Waals surface area contributed by atoms with Gasteiger partial charge in [-0.1, -0.05) is 0 Å². The Kier molecular flexibility index (Phi) is 3.77. The molecule has 1 aromatic rings. The predicted molar refractivity (Wildman–Crippen MR) is 59.7 cm³/mol. The number of carbonyl (C=O) groups is 2. The number of Topliss-reactive ketones (excluding diaryl/α,β-unsaturated/α-hetero) is 1. The second-order valence-corrected chi connectivity index (χ2v) is 3.56. The molecule has 1 heterocycles. The second kappa shape index (κ2) is 4.88. The summed E-state index contributed by atoms with van der Waals surface area (Å²) in [5, 5.41) is 0. The van der Waals surface area contributed by atoms with Gasteiger partial charge in [0.2, 0.25) is 0 Å². The molecule has 0 saturated carbocycles. The zero-order chi connectivity index (χ0) is 12.3. The SMILES string of the molecule is CCOC(=O)c1c(C)cc(C(C)=O)nc1C. The Bertz CT molecular complexity index is 415. The van der Waals surface area contributed by atoms with Crippen LogP contribution in [0, 0.1) is 13.8 Å². The fourth-order valence-corrected chi connectivity index (χ4v) is 1.52. The highest BCUT2D eigenvalue weighted by atomic mass is 16.5. The van der Waals surface area contributed by atoms with Crippen molar-refractivity contribution in [3.63, 3.8) is 0 Å². The molecule has 0 aliphatic rings. The normalized spacial score (nSPS) is 10.0. The lowest BCUT2D eigenvalue weighted by Gasteiger charge is -2.09. The monoisotopic (exact) mass is 221 g/mol. The fourth-order valence-electron chi connectivity index (χ4n) is 1.52. The van der Waals surface area contributed by atoms with Gasteiger partial charge in [-0.05, 0) is 32.4 Å². The molecule has 16 heavy (non-hydrogen) atoms. The van der Waals surface area contributed by atoms with Crippen LogP contribution in [0.2, 0.25) is 0 Å². The number of rotatable bonds is 3. The molecular formula is C12H15NO3. The number of ether oxygens (including phenoxy) is 1. The van der Waals surface area contributed by atoms with Crippen molar-refractivity contribution in [2.24, 2.45) is 0 Å². The molecule has 0 aliphatic carbocycles. The average molecular weight is 221 g/mol. The smallest absolute Gasteiger partial charge is 0.340 e. The number of aromatic nitrogens is 1. The maximum Gasteiger partial charge on any atom is 0.340 e. The number of nitrogens with zero attached hydrogens (tertiary/aromatic N) is 1. The van der Waals surface area contributed by atoms with Crippen LogP contribution in [0.1, 0.15) is 46.0 Å². The zero-order valence-electron chi connectivity index (χ0n) is 9.96. The number of ketones is 1. The second-order valence-electron chi connectivity index (χ2n) is 3.56. The molecule has 0 amide bonds. The lowest BCUT2D eigenvalue weighted by molar-refractivity contribution is 0.0523. The van der Waals surface area contributed by atoms with Gasteiger partial charge in [-0.3, -0.25) is 4.79 Å². The van der Waals surface area contributed by atoms with Crippen molar-refractivity contribution in [1.82, 2.24) is 4.98 Å². The van der Waals surface area contributed by atoms with Crippen LogP contribution >= 0.6 is 0 Å². The van der Waals surface area contributed by atoms with Crippen molar-refractivity contribution >= 4 is 11.8 Å². The molecule has 0 aromatic carbocycles. The van der Waals surface area contributed by atoms with Crippen LogP contribution in [0.15, 0.2) is 6.07 Å². The number of carbonyl (C=O) groups excluding carboxylic acids is 2. The molecule has 0 bridgehead atoms. The van der Waals surface area contributed by atoms with E-state index in [0.717, 1.165) is 5.56 Å². The van der Waals surface area contributed by atoms with E-state index in [1.807, 2.05) is 0 Å². The molecular weight excluding hydrogens is 206 g/mol. The van der Waals surface area contributed by atoms with E-state index < -0.39 is 0 Å². The minimum absolute atomic E-state index is 0.110. The largest absolute Gasteiger partial charge is 0.462 e. The van der Waals surface area contributed by atoms with Crippen LogP contribution in [0.25, 0.3) is 0 Å². The van der Waals surface area contributed by atoms with Crippen LogP contribution in [0.4, 0.5) is 0 Å². The Morgan fingerprint density at radius 2 is 2.00 bits per heavy atom. The van der Waals surface area contributed by atoms with Gasteiger partial charge in [-0.2, -0.15) is 0 Å². The van der Waals surface area contributed by atoms with E-state index in [1.165, 1.54) is 6.92 Å². The third-order valence-corrected chi connectivity index (χ3v) is 2.24. The Morgan fingerprint density at radius 3 is 2.44 bits per heavy atom. The summed E-state index contributed by atoms with van der Waals surface area (Å²) in [5.74, 6) is -0.498. The van der Waals surface area contributed by atoms with E-state index >= 15 is 0 Å². The minimum Gasteiger partial charge on any atom is -0.462 e. The maximum atomic E-state index is 11.6. The lowest BCUT2D eigenvalue weighted by atomic mass is 10.1. The summed E-state index contributed by atoms with van der Waals surface area (Å²) in [5.41, 5.74) is 2.08. The quantitative estimate of drug-likeness (QED) is 0.579. The molecule has 86 valence electrons. The first kappa shape index (κ1) is 12.4. The maximum absolute atomic E-state index is 11.6. The summed E-state index contributed by atoms with van der Waals surface area (Å²) in [4.78, 5) is 26.9. The first-order valence-corrected chi connectivity index (χ1v) is 5.13. The van der Waals surface area contributed by atoms with E-state index in [-0.39, 0.29) is 11.8 Å². The van der Waals surface area contributed by atoms with Gasteiger partial charge in [-0.25, -0.2) is 9.78 Å². The third kappa shape index (κ3) is 2.45. The van der Waals surface area contributed by atoms with Gasteiger partial charge >= 0.3 is 5.97 Å². The van der Waals surface area contributed by atoms with Gasteiger partial charge in [0.05, 0.1) is 17.9 Å². The molecule has 0 atom stereocenters. The summed E-state index contributed by atoms with van der Waals surface area (Å²) in [6, 6.07) is 1.61. The first-order chi connectivity index (χ1) is 7.47. The van der Waals surface area contributed by atoms with E-state index in [1.54, 1.807) is 26.8 Å². The number of pyridine rings is 1. The van der Waals surface area contributed by atoms with Crippen molar-refractivity contribution in [2.45, 2.75) is 27.7 Å². The highest BCUT2D eigenvalue weighted by Gasteiger charge is 2.16. The van der Waals surface area contributed by atoms with Crippen molar-refractivity contribution in [3.05, 3.63) is 28.6 Å². The summed E-state index contributed by atoms with van der Waals surface area (Å²) in [6.45, 7) is 7.00. The molecule has 4 nitrogen and oxygen atoms in total. The van der Waals surface area contributed by atoms with Crippen molar-refractivity contribution in [1.29, 1.82) is 0 Å². The number of aryl methyl sites for hydroxylation is 2. The molecule has 0 unspecified atom stereocenters. The molecule has 0 spiro atoms. The van der Waals surface area contributed by atoms with Gasteiger partial charge in [0.1, 0.15) is 5.69 Å². The molecule has 0 fully saturated rings. The molecule has 0 radical (unpaired) electrons. The first-order valence-electron chi connectivity index (χ1n) is 5.13. The standard InChI is InChI=1S/C12H15NO3/c1-5-16-12(15)11-7(2)6-10(9(4)14)13-8(11)3/h6H,5H2,1-4H3. The summed E-state index contributed by atoms with van der Waals surface area (Å²) >= 11 is 0. The summed E-state index contributed by atoms with van der Waals surface area (Å²) in [7, 11) is 0. The van der Waals surface area contributed by atoms with Crippen molar-refractivity contribution in [2.75, 3.05) is 6.61 Å². The zero-order valence-corrected chi connectivity index (χ0v) is 9.96. The van der Waals surface area contributed by atoms with Gasteiger partial charge in [0.15, 0.2) is 5.78 Å². The number of hydrogen-bond acceptors (Lipinski definition) is 4. The Balaban J connectivity index is 3.22. The van der Waals surface area contributed by atoms with Crippen molar-refractivity contribution < 1.29 is 14.3 Å². The van der Waals surface area contributed by atoms with Gasteiger partial charge in [0.25, 0.3) is 0 Å². The van der Waals surface area contributed by atoms with E-state index in [4.69, 9.17) is 4.74 Å².